The number of aromatic nitrogens is 2. The fraction of sp³-hybridized carbons (Fsp3) is 0.0588. The molecule has 0 unspecified atom stereocenters. The van der Waals surface area contributed by atoms with E-state index in [1.54, 1.807) is 54.9 Å². The van der Waals surface area contributed by atoms with Gasteiger partial charge in [-0.3, -0.25) is 19.6 Å². The van der Waals surface area contributed by atoms with Crippen LogP contribution in [0.25, 0.3) is 11.0 Å². The number of Topliss-reactive ketones (excluding diaryl/α,β-unsaturated/α-hetero) is 2. The topological polar surface area (TPSA) is 59.9 Å². The Hall–Kier alpha value is -2.88. The number of hydrogen-bond donors (Lipinski definition) is 0. The number of nitrogens with zero attached hydrogens (tertiary/aromatic N) is 2. The summed E-state index contributed by atoms with van der Waals surface area (Å²) in [7, 11) is 0. The summed E-state index contributed by atoms with van der Waals surface area (Å²) in [5.41, 5.74) is 3.12. The zero-order valence-corrected chi connectivity index (χ0v) is 11.0. The van der Waals surface area contributed by atoms with Crippen molar-refractivity contribution in [2.45, 2.75) is 5.92 Å². The molecule has 0 saturated heterocycles. The molecule has 0 fully saturated rings. The van der Waals surface area contributed by atoms with Crippen LogP contribution in [0.2, 0.25) is 0 Å². The molecule has 1 aliphatic rings. The maximum atomic E-state index is 12.5. The van der Waals surface area contributed by atoms with Crippen LogP contribution in [-0.4, -0.2) is 21.5 Å². The summed E-state index contributed by atoms with van der Waals surface area (Å²) in [4.78, 5) is 33.4. The van der Waals surface area contributed by atoms with Crippen molar-refractivity contribution in [2.75, 3.05) is 0 Å². The highest BCUT2D eigenvalue weighted by atomic mass is 16.2. The summed E-state index contributed by atoms with van der Waals surface area (Å²) in [5.74, 6) is -1.04. The molecule has 2 aromatic carbocycles. The Labute approximate surface area is 120 Å². The first-order valence-electron chi connectivity index (χ1n) is 6.64. The molecular formula is C17H10N2O2. The Morgan fingerprint density at radius 1 is 0.762 bits per heavy atom. The molecule has 21 heavy (non-hydrogen) atoms. The number of carbonyl (C=O) groups is 2. The van der Waals surface area contributed by atoms with Gasteiger partial charge in [0.15, 0.2) is 11.6 Å². The molecule has 0 atom stereocenters. The standard InChI is InChI=1S/C17H10N2O2/c20-16-11-3-1-2-4-12(11)17(21)15(16)10-5-6-13-14(9-10)19-8-7-18-13/h1-9,15H. The van der Waals surface area contributed by atoms with Crippen molar-refractivity contribution in [1.82, 2.24) is 9.97 Å². The normalized spacial score (nSPS) is 14.7. The molecule has 100 valence electrons. The molecule has 1 aromatic heterocycles. The number of hydrogen-bond acceptors (Lipinski definition) is 4. The van der Waals surface area contributed by atoms with Gasteiger partial charge in [-0.1, -0.05) is 30.3 Å². The van der Waals surface area contributed by atoms with Gasteiger partial charge in [-0.15, -0.1) is 0 Å². The van der Waals surface area contributed by atoms with Gasteiger partial charge in [0.1, 0.15) is 5.92 Å². The first kappa shape index (κ1) is 11.9. The minimum atomic E-state index is -0.756. The van der Waals surface area contributed by atoms with Crippen LogP contribution in [0.1, 0.15) is 32.2 Å². The highest BCUT2D eigenvalue weighted by Gasteiger charge is 2.39. The molecule has 4 rings (SSSR count). The Kier molecular flexibility index (Phi) is 2.44. The fourth-order valence-electron chi connectivity index (χ4n) is 2.81. The lowest BCUT2D eigenvalue weighted by atomic mass is 9.94. The van der Waals surface area contributed by atoms with Gasteiger partial charge in [0, 0.05) is 23.5 Å². The van der Waals surface area contributed by atoms with Crippen molar-refractivity contribution < 1.29 is 9.59 Å². The highest BCUT2D eigenvalue weighted by molar-refractivity contribution is 6.29. The van der Waals surface area contributed by atoms with Crippen LogP contribution >= 0.6 is 0 Å². The van der Waals surface area contributed by atoms with Crippen LogP contribution in [0.3, 0.4) is 0 Å². The van der Waals surface area contributed by atoms with Crippen LogP contribution in [0, 0.1) is 0 Å². The quantitative estimate of drug-likeness (QED) is 0.640. The van der Waals surface area contributed by atoms with E-state index in [9.17, 15) is 9.59 Å². The summed E-state index contributed by atoms with van der Waals surface area (Å²) >= 11 is 0. The number of rotatable bonds is 1. The smallest absolute Gasteiger partial charge is 0.178 e. The molecule has 1 aliphatic carbocycles. The van der Waals surface area contributed by atoms with Gasteiger partial charge in [0.2, 0.25) is 0 Å². The predicted molar refractivity (Wildman–Crippen MR) is 77.4 cm³/mol. The van der Waals surface area contributed by atoms with Gasteiger partial charge in [-0.05, 0) is 17.7 Å². The van der Waals surface area contributed by atoms with E-state index in [-0.39, 0.29) is 11.6 Å². The predicted octanol–water partition coefficient (Wildman–Crippen LogP) is 2.79. The van der Waals surface area contributed by atoms with Crippen LogP contribution in [0.5, 0.6) is 0 Å². The second-order valence-electron chi connectivity index (χ2n) is 5.01. The molecule has 0 amide bonds. The van der Waals surface area contributed by atoms with Crippen molar-refractivity contribution >= 4 is 22.6 Å². The maximum Gasteiger partial charge on any atom is 0.178 e. The molecule has 4 heteroatoms. The third-order valence-corrected chi connectivity index (χ3v) is 3.81. The lowest BCUT2D eigenvalue weighted by molar-refractivity contribution is 0.0890. The molecule has 0 bridgehead atoms. The second-order valence-corrected chi connectivity index (χ2v) is 5.01. The Morgan fingerprint density at radius 2 is 1.38 bits per heavy atom. The van der Waals surface area contributed by atoms with Gasteiger partial charge in [-0.25, -0.2) is 0 Å². The monoisotopic (exact) mass is 274 g/mol. The van der Waals surface area contributed by atoms with Crippen molar-refractivity contribution in [3.8, 4) is 0 Å². The van der Waals surface area contributed by atoms with Gasteiger partial charge < -0.3 is 0 Å². The first-order chi connectivity index (χ1) is 10.3. The minimum absolute atomic E-state index is 0.140. The molecule has 0 aliphatic heterocycles. The molecule has 0 spiro atoms. The van der Waals surface area contributed by atoms with Crippen LogP contribution in [0.15, 0.2) is 54.9 Å². The first-order valence-corrected chi connectivity index (χ1v) is 6.64. The minimum Gasteiger partial charge on any atom is -0.293 e. The van der Waals surface area contributed by atoms with Gasteiger partial charge in [-0.2, -0.15) is 0 Å². The zero-order chi connectivity index (χ0) is 14.4. The largest absolute Gasteiger partial charge is 0.293 e. The van der Waals surface area contributed by atoms with E-state index in [1.807, 2.05) is 0 Å². The Bertz CT molecular complexity index is 867. The SMILES string of the molecule is O=C1c2ccccc2C(=O)C1c1ccc2nccnc2c1. The molecule has 0 saturated carbocycles. The lowest BCUT2D eigenvalue weighted by Crippen LogP contribution is -2.12. The van der Waals surface area contributed by atoms with Gasteiger partial charge in [0.25, 0.3) is 0 Å². The van der Waals surface area contributed by atoms with Gasteiger partial charge in [0.05, 0.1) is 11.0 Å². The summed E-state index contributed by atoms with van der Waals surface area (Å²) in [6.45, 7) is 0. The summed E-state index contributed by atoms with van der Waals surface area (Å²) < 4.78 is 0. The molecule has 0 radical (unpaired) electrons. The molecule has 3 aromatic rings. The Morgan fingerprint density at radius 3 is 2.05 bits per heavy atom. The third kappa shape index (κ3) is 1.69. The number of fused-ring (bicyclic) bond motifs is 2. The van der Waals surface area contributed by atoms with Gasteiger partial charge >= 0.3 is 0 Å². The van der Waals surface area contributed by atoms with Crippen molar-refractivity contribution in [1.29, 1.82) is 0 Å². The molecule has 1 heterocycles. The number of ketones is 2. The highest BCUT2D eigenvalue weighted by Crippen LogP contribution is 2.34. The van der Waals surface area contributed by atoms with E-state index in [0.717, 1.165) is 5.52 Å². The van der Waals surface area contributed by atoms with E-state index in [2.05, 4.69) is 9.97 Å². The van der Waals surface area contributed by atoms with Crippen LogP contribution in [-0.2, 0) is 0 Å². The van der Waals surface area contributed by atoms with E-state index in [4.69, 9.17) is 0 Å². The van der Waals surface area contributed by atoms with Crippen LogP contribution in [0.4, 0.5) is 0 Å². The molecular weight excluding hydrogens is 264 g/mol. The lowest BCUT2D eigenvalue weighted by Gasteiger charge is -2.07. The Balaban J connectivity index is 1.86. The third-order valence-electron chi connectivity index (χ3n) is 3.81. The zero-order valence-electron chi connectivity index (χ0n) is 11.0. The van der Waals surface area contributed by atoms with E-state index >= 15 is 0 Å². The van der Waals surface area contributed by atoms with Crippen molar-refractivity contribution in [2.24, 2.45) is 0 Å². The van der Waals surface area contributed by atoms with E-state index in [1.165, 1.54) is 0 Å². The van der Waals surface area contributed by atoms with Crippen LogP contribution < -0.4 is 0 Å². The average Bonchev–Trinajstić information content (AvgIpc) is 2.79. The molecule has 0 N–H and O–H groups in total. The average molecular weight is 274 g/mol. The summed E-state index contributed by atoms with van der Waals surface area (Å²) in [6, 6.07) is 12.3. The second kappa shape index (κ2) is 4.31. The summed E-state index contributed by atoms with van der Waals surface area (Å²) in [5, 5.41) is 0. The number of benzene rings is 2. The number of carbonyl (C=O) groups excluding carboxylic acids is 2. The maximum absolute atomic E-state index is 12.5. The fourth-order valence-corrected chi connectivity index (χ4v) is 2.81. The van der Waals surface area contributed by atoms with E-state index in [0.29, 0.717) is 22.2 Å². The van der Waals surface area contributed by atoms with E-state index < -0.39 is 5.92 Å². The van der Waals surface area contributed by atoms with Crippen molar-refractivity contribution in [3.63, 3.8) is 0 Å². The van der Waals surface area contributed by atoms with Crippen molar-refractivity contribution in [3.05, 3.63) is 71.5 Å². The summed E-state index contributed by atoms with van der Waals surface area (Å²) in [6.07, 6.45) is 3.21. The molecule has 4 nitrogen and oxygen atoms in total.